The number of morpholine rings is 1. The number of anilines is 2. The Morgan fingerprint density at radius 1 is 1.35 bits per heavy atom. The minimum atomic E-state index is -1.74. The predicted octanol–water partition coefficient (Wildman–Crippen LogP) is 1.31. The third-order valence-corrected chi connectivity index (χ3v) is 5.56. The number of carbonyl (C=O) groups excluding carboxylic acids is 2. The molecule has 0 saturated carbocycles. The van der Waals surface area contributed by atoms with Crippen LogP contribution in [0.15, 0.2) is 48.5 Å². The quantitative estimate of drug-likeness (QED) is 0.497. The molecule has 2 atom stereocenters. The minimum absolute atomic E-state index is 0.112. The van der Waals surface area contributed by atoms with Crippen molar-refractivity contribution >= 4 is 34.1 Å². The highest BCUT2D eigenvalue weighted by Crippen LogP contribution is 2.26. The molecule has 2 amide bonds. The molecule has 1 aliphatic rings. The lowest BCUT2D eigenvalue weighted by Crippen LogP contribution is -2.55. The predicted molar refractivity (Wildman–Crippen MR) is 124 cm³/mol. The van der Waals surface area contributed by atoms with Gasteiger partial charge in [-0.1, -0.05) is 6.07 Å². The number of methoxy groups -OCH3 is 1. The van der Waals surface area contributed by atoms with E-state index in [1.807, 2.05) is 18.2 Å². The highest BCUT2D eigenvalue weighted by atomic mass is 16.5. The molecule has 3 aromatic rings. The lowest BCUT2D eigenvalue weighted by atomic mass is 10.1. The number of benzene rings is 2. The van der Waals surface area contributed by atoms with E-state index in [0.29, 0.717) is 33.9 Å². The van der Waals surface area contributed by atoms with Crippen LogP contribution in [0.4, 0.5) is 11.4 Å². The summed E-state index contributed by atoms with van der Waals surface area (Å²) in [4.78, 5) is 31.7. The molecule has 0 aliphatic carbocycles. The number of nitriles is 1. The van der Waals surface area contributed by atoms with E-state index in [4.69, 9.17) is 20.5 Å². The highest BCUT2D eigenvalue weighted by Gasteiger charge is 2.39. The van der Waals surface area contributed by atoms with Gasteiger partial charge < -0.3 is 30.5 Å². The van der Waals surface area contributed by atoms with Crippen molar-refractivity contribution in [3.05, 3.63) is 59.7 Å². The number of hydrogen-bond acceptors (Lipinski definition) is 8. The van der Waals surface area contributed by atoms with Gasteiger partial charge in [-0.3, -0.25) is 9.59 Å². The molecule has 2 heterocycles. The fourth-order valence-corrected chi connectivity index (χ4v) is 3.76. The van der Waals surface area contributed by atoms with Crippen LogP contribution in [0.25, 0.3) is 10.9 Å². The van der Waals surface area contributed by atoms with Crippen LogP contribution in [0.1, 0.15) is 11.1 Å². The second kappa shape index (κ2) is 9.84. The fourth-order valence-electron chi connectivity index (χ4n) is 3.76. The molecule has 1 fully saturated rings. The summed E-state index contributed by atoms with van der Waals surface area (Å²) in [7, 11) is 1.52. The van der Waals surface area contributed by atoms with Crippen LogP contribution in [0.5, 0.6) is 5.88 Å². The molecule has 0 spiro atoms. The van der Waals surface area contributed by atoms with Crippen molar-refractivity contribution in [3.8, 4) is 11.9 Å². The molecule has 0 bridgehead atoms. The summed E-state index contributed by atoms with van der Waals surface area (Å²) in [6.45, 7) is 0.508. The van der Waals surface area contributed by atoms with Gasteiger partial charge in [0, 0.05) is 35.9 Å². The second-order valence-electron chi connectivity index (χ2n) is 7.63. The zero-order valence-corrected chi connectivity index (χ0v) is 18.4. The molecule has 1 aromatic heterocycles. The molecule has 1 saturated heterocycles. The summed E-state index contributed by atoms with van der Waals surface area (Å²) in [5.74, 6) is -0.903. The molecule has 174 valence electrons. The highest BCUT2D eigenvalue weighted by molar-refractivity contribution is 6.04. The number of nitrogens with one attached hydrogen (secondary N) is 1. The number of nitrogens with zero attached hydrogens (tertiary/aromatic N) is 3. The Hall–Kier alpha value is -4.04. The standard InChI is InChI=1S/C24H23N5O5/c1-33-20-7-4-14-3-6-18(11-19(14)28-20)29-8-9-34-22(24(29)32)21(30)23(31)27-17-5-2-15(12-25)16(10-17)13-26/h2-7,10-11,21-22,30H,8-9,13,26H2,1H3,(H,27,31)/t21-,22-/m1/s1. The number of nitrogens with two attached hydrogens (primary N) is 1. The van der Waals surface area contributed by atoms with Crippen molar-refractivity contribution < 1.29 is 24.2 Å². The maximum Gasteiger partial charge on any atom is 0.259 e. The normalized spacial score (nSPS) is 16.7. The summed E-state index contributed by atoms with van der Waals surface area (Å²) < 4.78 is 10.6. The molecule has 0 radical (unpaired) electrons. The van der Waals surface area contributed by atoms with Gasteiger partial charge >= 0.3 is 0 Å². The van der Waals surface area contributed by atoms with Gasteiger partial charge in [0.05, 0.1) is 30.9 Å². The summed E-state index contributed by atoms with van der Waals surface area (Å²) >= 11 is 0. The van der Waals surface area contributed by atoms with Crippen LogP contribution < -0.4 is 20.7 Å². The van der Waals surface area contributed by atoms with Crippen molar-refractivity contribution in [3.63, 3.8) is 0 Å². The maximum atomic E-state index is 13.1. The van der Waals surface area contributed by atoms with E-state index in [9.17, 15) is 14.7 Å². The monoisotopic (exact) mass is 461 g/mol. The van der Waals surface area contributed by atoms with Gasteiger partial charge in [-0.15, -0.1) is 0 Å². The van der Waals surface area contributed by atoms with Gasteiger partial charge in [-0.2, -0.15) is 5.26 Å². The van der Waals surface area contributed by atoms with Crippen LogP contribution in [-0.4, -0.2) is 54.4 Å². The van der Waals surface area contributed by atoms with E-state index in [1.165, 1.54) is 24.1 Å². The first-order valence-corrected chi connectivity index (χ1v) is 10.5. The number of amides is 2. The van der Waals surface area contributed by atoms with Crippen molar-refractivity contribution in [1.29, 1.82) is 5.26 Å². The number of rotatable bonds is 6. The van der Waals surface area contributed by atoms with Crippen LogP contribution >= 0.6 is 0 Å². The molecular weight excluding hydrogens is 438 g/mol. The second-order valence-corrected chi connectivity index (χ2v) is 7.63. The lowest BCUT2D eigenvalue weighted by Gasteiger charge is -2.34. The molecular formula is C24H23N5O5. The minimum Gasteiger partial charge on any atom is -0.481 e. The van der Waals surface area contributed by atoms with Crippen LogP contribution in [-0.2, 0) is 20.9 Å². The average Bonchev–Trinajstić information content (AvgIpc) is 2.87. The first-order valence-electron chi connectivity index (χ1n) is 10.5. The molecule has 1 aliphatic heterocycles. The molecule has 4 rings (SSSR count). The fraction of sp³-hybridized carbons (Fsp3) is 0.250. The first-order chi connectivity index (χ1) is 16.4. The van der Waals surface area contributed by atoms with Crippen molar-refractivity contribution in [2.75, 3.05) is 30.5 Å². The summed E-state index contributed by atoms with van der Waals surface area (Å²) in [6, 6.07) is 15.6. The Morgan fingerprint density at radius 3 is 2.88 bits per heavy atom. The summed E-state index contributed by atoms with van der Waals surface area (Å²) in [5.41, 5.74) is 8.14. The number of aliphatic hydroxyl groups excluding tert-OH is 1. The third-order valence-electron chi connectivity index (χ3n) is 5.56. The van der Waals surface area contributed by atoms with Crippen molar-refractivity contribution in [2.45, 2.75) is 18.8 Å². The van der Waals surface area contributed by atoms with Gasteiger partial charge in [-0.05, 0) is 42.0 Å². The van der Waals surface area contributed by atoms with Gasteiger partial charge in [0.25, 0.3) is 11.8 Å². The lowest BCUT2D eigenvalue weighted by molar-refractivity contribution is -0.150. The molecule has 0 unspecified atom stereocenters. The Kier molecular flexibility index (Phi) is 6.70. The van der Waals surface area contributed by atoms with Crippen LogP contribution in [0, 0.1) is 11.3 Å². The molecule has 2 aromatic carbocycles. The molecule has 34 heavy (non-hydrogen) atoms. The zero-order valence-electron chi connectivity index (χ0n) is 18.4. The number of carbonyl (C=O) groups is 2. The van der Waals surface area contributed by atoms with E-state index < -0.39 is 24.0 Å². The Bertz CT molecular complexity index is 1290. The number of fused-ring (bicyclic) bond motifs is 1. The smallest absolute Gasteiger partial charge is 0.259 e. The van der Waals surface area contributed by atoms with E-state index >= 15 is 0 Å². The van der Waals surface area contributed by atoms with Crippen LogP contribution in [0.3, 0.4) is 0 Å². The van der Waals surface area contributed by atoms with E-state index in [1.54, 1.807) is 24.3 Å². The number of ether oxygens (including phenoxy) is 2. The third kappa shape index (κ3) is 4.53. The van der Waals surface area contributed by atoms with E-state index in [-0.39, 0.29) is 19.7 Å². The number of aliphatic hydroxyl groups is 1. The summed E-state index contributed by atoms with van der Waals surface area (Å²) in [5, 5.41) is 23.2. The Labute approximate surface area is 195 Å². The van der Waals surface area contributed by atoms with Gasteiger partial charge in [-0.25, -0.2) is 4.98 Å². The zero-order chi connectivity index (χ0) is 24.2. The van der Waals surface area contributed by atoms with Gasteiger partial charge in [0.2, 0.25) is 5.88 Å². The van der Waals surface area contributed by atoms with E-state index in [2.05, 4.69) is 10.3 Å². The number of aromatic nitrogens is 1. The first kappa shape index (κ1) is 23.1. The Balaban J connectivity index is 1.51. The SMILES string of the molecule is COc1ccc2ccc(N3CCO[C@H]([C@@H](O)C(=O)Nc4ccc(C#N)c(CN)c4)C3=O)cc2n1. The molecule has 4 N–H and O–H groups in total. The maximum absolute atomic E-state index is 13.1. The van der Waals surface area contributed by atoms with Gasteiger partial charge in [0.1, 0.15) is 0 Å². The molecule has 10 heteroatoms. The topological polar surface area (TPSA) is 151 Å². The average molecular weight is 461 g/mol. The molecule has 10 nitrogen and oxygen atoms in total. The van der Waals surface area contributed by atoms with Gasteiger partial charge in [0.15, 0.2) is 12.2 Å². The number of hydrogen-bond donors (Lipinski definition) is 3. The van der Waals surface area contributed by atoms with E-state index in [0.717, 1.165) is 5.39 Å². The van der Waals surface area contributed by atoms with Crippen LogP contribution in [0.2, 0.25) is 0 Å². The summed E-state index contributed by atoms with van der Waals surface area (Å²) in [6.07, 6.45) is -3.12. The van der Waals surface area contributed by atoms with Crippen molar-refractivity contribution in [2.24, 2.45) is 5.73 Å². The number of pyridine rings is 1. The Morgan fingerprint density at radius 2 is 2.15 bits per heavy atom. The van der Waals surface area contributed by atoms with Crippen molar-refractivity contribution in [1.82, 2.24) is 4.98 Å². The largest absolute Gasteiger partial charge is 0.481 e.